The van der Waals surface area contributed by atoms with Gasteiger partial charge in [-0.1, -0.05) is 51.0 Å². The van der Waals surface area contributed by atoms with Gasteiger partial charge in [-0.25, -0.2) is 0 Å². The van der Waals surface area contributed by atoms with Crippen molar-refractivity contribution in [3.63, 3.8) is 0 Å². The molecule has 2 rings (SSSR count). The first-order valence-electron chi connectivity index (χ1n) is 7.76. The molecule has 2 N–H and O–H groups in total. The van der Waals surface area contributed by atoms with Gasteiger partial charge in [-0.3, -0.25) is 4.90 Å². The van der Waals surface area contributed by atoms with E-state index < -0.39 is 0 Å². The van der Waals surface area contributed by atoms with E-state index in [1.807, 2.05) is 0 Å². The lowest BCUT2D eigenvalue weighted by molar-refractivity contribution is 0.210. The summed E-state index contributed by atoms with van der Waals surface area (Å²) in [5.74, 6) is 0.601. The van der Waals surface area contributed by atoms with E-state index >= 15 is 0 Å². The molecule has 1 heterocycles. The molecule has 1 aliphatic heterocycles. The molecule has 0 spiro atoms. The summed E-state index contributed by atoms with van der Waals surface area (Å²) in [4.78, 5) is 2.58. The number of nitrogens with two attached hydrogens (primary N) is 1. The molecule has 1 saturated heterocycles. The van der Waals surface area contributed by atoms with Crippen molar-refractivity contribution < 1.29 is 0 Å². The summed E-state index contributed by atoms with van der Waals surface area (Å²) in [5.41, 5.74) is 8.84. The number of hydrogen-bond donors (Lipinski definition) is 1. The smallest absolute Gasteiger partial charge is 0.0470 e. The standard InChI is InChI=1S/C17H28N2/c1-14(2)15-7-9-16(10-8-15)17(13-18)19-11-5-3-4-6-12-19/h7-10,14,17H,3-6,11-13,18H2,1-2H3. The van der Waals surface area contributed by atoms with Crippen LogP contribution in [-0.4, -0.2) is 24.5 Å². The van der Waals surface area contributed by atoms with Gasteiger partial charge in [0.15, 0.2) is 0 Å². The number of hydrogen-bond acceptors (Lipinski definition) is 2. The van der Waals surface area contributed by atoms with Gasteiger partial charge >= 0.3 is 0 Å². The third-order valence-corrected chi connectivity index (χ3v) is 4.29. The Labute approximate surface area is 118 Å². The van der Waals surface area contributed by atoms with Gasteiger partial charge in [0.1, 0.15) is 0 Å². The van der Waals surface area contributed by atoms with Gasteiger partial charge in [-0.05, 0) is 43.0 Å². The monoisotopic (exact) mass is 260 g/mol. The predicted molar refractivity (Wildman–Crippen MR) is 82.4 cm³/mol. The number of likely N-dealkylation sites (tertiary alicyclic amines) is 1. The predicted octanol–water partition coefficient (Wildman–Crippen LogP) is 3.69. The van der Waals surface area contributed by atoms with E-state index in [1.165, 1.54) is 49.9 Å². The van der Waals surface area contributed by atoms with Crippen molar-refractivity contribution in [3.05, 3.63) is 35.4 Å². The van der Waals surface area contributed by atoms with Crippen molar-refractivity contribution in [1.29, 1.82) is 0 Å². The molecular weight excluding hydrogens is 232 g/mol. The second kappa shape index (κ2) is 7.06. The molecule has 1 fully saturated rings. The number of benzene rings is 1. The van der Waals surface area contributed by atoms with Crippen molar-refractivity contribution in [2.45, 2.75) is 51.5 Å². The minimum Gasteiger partial charge on any atom is -0.329 e. The van der Waals surface area contributed by atoms with Gasteiger partial charge in [0.05, 0.1) is 0 Å². The third-order valence-electron chi connectivity index (χ3n) is 4.29. The average molecular weight is 260 g/mol. The molecule has 1 aromatic carbocycles. The Morgan fingerprint density at radius 2 is 1.47 bits per heavy atom. The van der Waals surface area contributed by atoms with Crippen LogP contribution in [0.25, 0.3) is 0 Å². The van der Waals surface area contributed by atoms with Crippen LogP contribution in [0.1, 0.15) is 62.6 Å². The first-order valence-corrected chi connectivity index (χ1v) is 7.76. The third kappa shape index (κ3) is 3.80. The maximum absolute atomic E-state index is 6.04. The molecular formula is C17H28N2. The molecule has 1 atom stereocenters. The number of nitrogens with zero attached hydrogens (tertiary/aromatic N) is 1. The maximum atomic E-state index is 6.04. The van der Waals surface area contributed by atoms with E-state index in [2.05, 4.69) is 43.0 Å². The zero-order valence-electron chi connectivity index (χ0n) is 12.4. The van der Waals surface area contributed by atoms with Crippen molar-refractivity contribution in [1.82, 2.24) is 4.90 Å². The van der Waals surface area contributed by atoms with E-state index in [9.17, 15) is 0 Å². The molecule has 106 valence electrons. The van der Waals surface area contributed by atoms with Gasteiger partial charge < -0.3 is 5.73 Å². The highest BCUT2D eigenvalue weighted by Crippen LogP contribution is 2.25. The van der Waals surface area contributed by atoms with Gasteiger partial charge in [0, 0.05) is 12.6 Å². The SMILES string of the molecule is CC(C)c1ccc(C(CN)N2CCCCCC2)cc1. The molecule has 2 nitrogen and oxygen atoms in total. The molecule has 0 radical (unpaired) electrons. The summed E-state index contributed by atoms with van der Waals surface area (Å²) in [6, 6.07) is 9.48. The Kier molecular flexibility index (Phi) is 5.41. The average Bonchev–Trinajstić information content (AvgIpc) is 2.69. The largest absolute Gasteiger partial charge is 0.329 e. The molecule has 1 unspecified atom stereocenters. The fraction of sp³-hybridized carbons (Fsp3) is 0.647. The normalized spacial score (nSPS) is 19.4. The lowest BCUT2D eigenvalue weighted by Crippen LogP contribution is -2.34. The van der Waals surface area contributed by atoms with Crippen LogP contribution in [0.3, 0.4) is 0 Å². The summed E-state index contributed by atoms with van der Waals surface area (Å²) in [7, 11) is 0. The van der Waals surface area contributed by atoms with Crippen LogP contribution in [-0.2, 0) is 0 Å². The molecule has 0 aliphatic carbocycles. The van der Waals surface area contributed by atoms with E-state index in [4.69, 9.17) is 5.73 Å². The van der Waals surface area contributed by atoms with E-state index in [1.54, 1.807) is 0 Å². The quantitative estimate of drug-likeness (QED) is 0.894. The highest BCUT2D eigenvalue weighted by atomic mass is 15.2. The van der Waals surface area contributed by atoms with Crippen LogP contribution in [0.2, 0.25) is 0 Å². The van der Waals surface area contributed by atoms with Crippen LogP contribution in [0, 0.1) is 0 Å². The Morgan fingerprint density at radius 3 is 1.95 bits per heavy atom. The molecule has 0 saturated carbocycles. The van der Waals surface area contributed by atoms with Crippen molar-refractivity contribution in [3.8, 4) is 0 Å². The Bertz CT molecular complexity index is 361. The number of rotatable bonds is 4. The molecule has 2 heteroatoms. The van der Waals surface area contributed by atoms with Gasteiger partial charge in [-0.15, -0.1) is 0 Å². The molecule has 1 aromatic rings. The summed E-state index contributed by atoms with van der Waals surface area (Å²) in [5, 5.41) is 0. The van der Waals surface area contributed by atoms with Crippen LogP contribution in [0.5, 0.6) is 0 Å². The van der Waals surface area contributed by atoms with Gasteiger partial charge in [0.25, 0.3) is 0 Å². The lowest BCUT2D eigenvalue weighted by atomic mass is 9.98. The summed E-state index contributed by atoms with van der Waals surface area (Å²) >= 11 is 0. The van der Waals surface area contributed by atoms with Gasteiger partial charge in [0.2, 0.25) is 0 Å². The molecule has 0 amide bonds. The fourth-order valence-corrected chi connectivity index (χ4v) is 3.01. The molecule has 1 aliphatic rings. The van der Waals surface area contributed by atoms with Crippen molar-refractivity contribution in [2.24, 2.45) is 5.73 Å². The molecule has 0 aromatic heterocycles. The van der Waals surface area contributed by atoms with E-state index in [0.29, 0.717) is 12.0 Å². The second-order valence-corrected chi connectivity index (χ2v) is 6.02. The second-order valence-electron chi connectivity index (χ2n) is 6.02. The summed E-state index contributed by atoms with van der Waals surface area (Å²) in [6.45, 7) is 7.61. The van der Waals surface area contributed by atoms with Crippen molar-refractivity contribution in [2.75, 3.05) is 19.6 Å². The fourth-order valence-electron chi connectivity index (χ4n) is 3.01. The first-order chi connectivity index (χ1) is 9.22. The van der Waals surface area contributed by atoms with Crippen LogP contribution in [0.4, 0.5) is 0 Å². The van der Waals surface area contributed by atoms with Crippen LogP contribution >= 0.6 is 0 Å². The summed E-state index contributed by atoms with van der Waals surface area (Å²) < 4.78 is 0. The van der Waals surface area contributed by atoms with Gasteiger partial charge in [-0.2, -0.15) is 0 Å². The highest BCUT2D eigenvalue weighted by molar-refractivity contribution is 5.27. The van der Waals surface area contributed by atoms with Crippen LogP contribution < -0.4 is 5.73 Å². The van der Waals surface area contributed by atoms with E-state index in [0.717, 1.165) is 6.54 Å². The minimum absolute atomic E-state index is 0.402. The van der Waals surface area contributed by atoms with Crippen molar-refractivity contribution >= 4 is 0 Å². The zero-order valence-corrected chi connectivity index (χ0v) is 12.4. The topological polar surface area (TPSA) is 29.3 Å². The van der Waals surface area contributed by atoms with E-state index in [-0.39, 0.29) is 0 Å². The maximum Gasteiger partial charge on any atom is 0.0470 e. The van der Waals surface area contributed by atoms with Crippen LogP contribution in [0.15, 0.2) is 24.3 Å². The zero-order chi connectivity index (χ0) is 13.7. The first kappa shape index (κ1) is 14.5. The Balaban J connectivity index is 2.11. The Morgan fingerprint density at radius 1 is 0.947 bits per heavy atom. The Hall–Kier alpha value is -0.860. The molecule has 0 bridgehead atoms. The molecule has 19 heavy (non-hydrogen) atoms. The lowest BCUT2D eigenvalue weighted by Gasteiger charge is -2.30. The minimum atomic E-state index is 0.402. The summed E-state index contributed by atoms with van der Waals surface area (Å²) in [6.07, 6.45) is 5.39. The highest BCUT2D eigenvalue weighted by Gasteiger charge is 2.20.